The van der Waals surface area contributed by atoms with Crippen LogP contribution in [-0.4, -0.2) is 35.2 Å². The predicted octanol–water partition coefficient (Wildman–Crippen LogP) is 1.56. The Balaban J connectivity index is 2.38. The molecule has 1 rings (SSSR count). The normalized spacial score (nSPS) is 11.9. The molecular weight excluding hydrogens is 284 g/mol. The number of nitrogens with one attached hydrogen (secondary N) is 2. The first-order valence-corrected chi connectivity index (χ1v) is 8.76. The molecular formula is C12H22N2O3S2. The van der Waals surface area contributed by atoms with E-state index in [-0.39, 0.29) is 0 Å². The highest BCUT2D eigenvalue weighted by Crippen LogP contribution is 2.19. The minimum Gasteiger partial charge on any atom is -0.380 e. The van der Waals surface area contributed by atoms with Crippen molar-refractivity contribution < 1.29 is 13.2 Å². The van der Waals surface area contributed by atoms with Crippen LogP contribution in [0.2, 0.25) is 0 Å². The molecule has 0 atom stereocenters. The van der Waals surface area contributed by atoms with E-state index in [1.807, 2.05) is 12.4 Å². The largest absolute Gasteiger partial charge is 0.380 e. The number of thiophene rings is 1. The Morgan fingerprint density at radius 2 is 2.16 bits per heavy atom. The maximum atomic E-state index is 12.0. The van der Waals surface area contributed by atoms with E-state index in [0.29, 0.717) is 30.5 Å². The topological polar surface area (TPSA) is 67.4 Å². The second kappa shape index (κ2) is 8.65. The predicted molar refractivity (Wildman–Crippen MR) is 78.0 cm³/mol. The molecule has 19 heavy (non-hydrogen) atoms. The van der Waals surface area contributed by atoms with Crippen LogP contribution in [0.15, 0.2) is 15.7 Å². The van der Waals surface area contributed by atoms with E-state index in [1.165, 1.54) is 11.3 Å². The molecule has 0 saturated heterocycles. The fourth-order valence-electron chi connectivity index (χ4n) is 1.46. The van der Waals surface area contributed by atoms with Gasteiger partial charge in [-0.1, -0.05) is 13.3 Å². The zero-order valence-corrected chi connectivity index (χ0v) is 13.1. The van der Waals surface area contributed by atoms with Gasteiger partial charge in [0.2, 0.25) is 10.0 Å². The van der Waals surface area contributed by atoms with Crippen molar-refractivity contribution in [2.24, 2.45) is 0 Å². The average molecular weight is 306 g/mol. The summed E-state index contributed by atoms with van der Waals surface area (Å²) in [6.45, 7) is 4.17. The highest BCUT2D eigenvalue weighted by atomic mass is 32.2. The third-order valence-electron chi connectivity index (χ3n) is 2.46. The SMILES string of the molecule is CCCCOCCNS(=O)(=O)c1cc(CNC)cs1. The molecule has 1 aromatic heterocycles. The van der Waals surface area contributed by atoms with E-state index in [1.54, 1.807) is 6.07 Å². The summed E-state index contributed by atoms with van der Waals surface area (Å²) in [5.41, 5.74) is 0.979. The van der Waals surface area contributed by atoms with Crippen LogP contribution in [-0.2, 0) is 21.3 Å². The lowest BCUT2D eigenvalue weighted by Gasteiger charge is -2.05. The van der Waals surface area contributed by atoms with Gasteiger partial charge in [-0.25, -0.2) is 13.1 Å². The van der Waals surface area contributed by atoms with Crippen molar-refractivity contribution >= 4 is 21.4 Å². The second-order valence-corrected chi connectivity index (χ2v) is 7.07. The van der Waals surface area contributed by atoms with E-state index in [9.17, 15) is 8.42 Å². The molecule has 0 amide bonds. The van der Waals surface area contributed by atoms with Gasteiger partial charge in [-0.3, -0.25) is 0 Å². The maximum absolute atomic E-state index is 12.0. The number of ether oxygens (including phenoxy) is 1. The van der Waals surface area contributed by atoms with Gasteiger partial charge in [0.05, 0.1) is 6.61 Å². The highest BCUT2D eigenvalue weighted by Gasteiger charge is 2.15. The van der Waals surface area contributed by atoms with Crippen LogP contribution in [0.1, 0.15) is 25.3 Å². The van der Waals surface area contributed by atoms with Crippen LogP contribution < -0.4 is 10.0 Å². The number of hydrogen-bond donors (Lipinski definition) is 2. The standard InChI is InChI=1S/C12H22N2O3S2/c1-3-4-6-17-7-5-14-19(15,16)12-8-11(9-13-2)10-18-12/h8,10,13-14H,3-7,9H2,1-2H3. The summed E-state index contributed by atoms with van der Waals surface area (Å²) >= 11 is 1.24. The molecule has 110 valence electrons. The zero-order valence-electron chi connectivity index (χ0n) is 11.4. The number of rotatable bonds is 10. The molecule has 0 saturated carbocycles. The first-order valence-electron chi connectivity index (χ1n) is 6.39. The lowest BCUT2D eigenvalue weighted by molar-refractivity contribution is 0.136. The Bertz CT molecular complexity index is 457. The molecule has 0 radical (unpaired) electrons. The number of sulfonamides is 1. The lowest BCUT2D eigenvalue weighted by Crippen LogP contribution is -2.27. The Kier molecular flexibility index (Phi) is 7.55. The van der Waals surface area contributed by atoms with Gasteiger partial charge in [0.1, 0.15) is 4.21 Å². The van der Waals surface area contributed by atoms with Gasteiger partial charge in [0.15, 0.2) is 0 Å². The fraction of sp³-hybridized carbons (Fsp3) is 0.667. The van der Waals surface area contributed by atoms with Crippen molar-refractivity contribution in [1.82, 2.24) is 10.0 Å². The van der Waals surface area contributed by atoms with Crippen LogP contribution in [0.4, 0.5) is 0 Å². The van der Waals surface area contributed by atoms with E-state index < -0.39 is 10.0 Å². The summed E-state index contributed by atoms with van der Waals surface area (Å²) in [4.78, 5) is 0. The van der Waals surface area contributed by atoms with Gasteiger partial charge < -0.3 is 10.1 Å². The van der Waals surface area contributed by atoms with Crippen LogP contribution >= 0.6 is 11.3 Å². The number of unbranched alkanes of at least 4 members (excludes halogenated alkanes) is 1. The van der Waals surface area contributed by atoms with Crippen LogP contribution in [0.25, 0.3) is 0 Å². The molecule has 0 bridgehead atoms. The quantitative estimate of drug-likeness (QED) is 0.644. The molecule has 0 aromatic carbocycles. The summed E-state index contributed by atoms with van der Waals surface area (Å²) in [6, 6.07) is 1.70. The summed E-state index contributed by atoms with van der Waals surface area (Å²) in [7, 11) is -1.56. The summed E-state index contributed by atoms with van der Waals surface area (Å²) in [5.74, 6) is 0. The first-order chi connectivity index (χ1) is 9.10. The minimum absolute atomic E-state index is 0.311. The van der Waals surface area contributed by atoms with E-state index in [0.717, 1.165) is 18.4 Å². The Morgan fingerprint density at radius 1 is 1.37 bits per heavy atom. The fourth-order valence-corrected chi connectivity index (χ4v) is 3.73. The van der Waals surface area contributed by atoms with Gasteiger partial charge in [-0.15, -0.1) is 11.3 Å². The number of hydrogen-bond acceptors (Lipinski definition) is 5. The monoisotopic (exact) mass is 306 g/mol. The van der Waals surface area contributed by atoms with Gasteiger partial charge in [0, 0.05) is 19.7 Å². The first kappa shape index (κ1) is 16.6. The highest BCUT2D eigenvalue weighted by molar-refractivity contribution is 7.91. The van der Waals surface area contributed by atoms with Gasteiger partial charge in [-0.05, 0) is 30.5 Å². The summed E-state index contributed by atoms with van der Waals surface area (Å²) < 4.78 is 32.1. The Hall–Kier alpha value is -0.470. The molecule has 0 aliphatic carbocycles. The second-order valence-electron chi connectivity index (χ2n) is 4.17. The van der Waals surface area contributed by atoms with E-state index in [2.05, 4.69) is 17.0 Å². The molecule has 1 aromatic rings. The van der Waals surface area contributed by atoms with Gasteiger partial charge in [0.25, 0.3) is 0 Å². The summed E-state index contributed by atoms with van der Waals surface area (Å²) in [5, 5.41) is 4.84. The molecule has 0 aliphatic heterocycles. The van der Waals surface area contributed by atoms with Crippen LogP contribution in [0, 0.1) is 0 Å². The Labute approximate surface area is 119 Å². The molecule has 2 N–H and O–H groups in total. The molecule has 5 nitrogen and oxygen atoms in total. The van der Waals surface area contributed by atoms with Crippen molar-refractivity contribution in [3.8, 4) is 0 Å². The van der Waals surface area contributed by atoms with Crippen molar-refractivity contribution in [1.29, 1.82) is 0 Å². The Morgan fingerprint density at radius 3 is 2.84 bits per heavy atom. The molecule has 0 unspecified atom stereocenters. The third kappa shape index (κ3) is 6.01. The molecule has 7 heteroatoms. The van der Waals surface area contributed by atoms with Crippen molar-refractivity contribution in [3.63, 3.8) is 0 Å². The zero-order chi connectivity index (χ0) is 14.1. The van der Waals surface area contributed by atoms with E-state index >= 15 is 0 Å². The smallest absolute Gasteiger partial charge is 0.250 e. The van der Waals surface area contributed by atoms with Crippen molar-refractivity contribution in [2.75, 3.05) is 26.8 Å². The molecule has 0 spiro atoms. The summed E-state index contributed by atoms with van der Waals surface area (Å²) in [6.07, 6.45) is 2.08. The van der Waals surface area contributed by atoms with Gasteiger partial charge >= 0.3 is 0 Å². The molecule has 0 aliphatic rings. The molecule has 0 fully saturated rings. The lowest BCUT2D eigenvalue weighted by atomic mass is 10.3. The van der Waals surface area contributed by atoms with Crippen LogP contribution in [0.5, 0.6) is 0 Å². The van der Waals surface area contributed by atoms with Crippen molar-refractivity contribution in [3.05, 3.63) is 17.0 Å². The van der Waals surface area contributed by atoms with Gasteiger partial charge in [-0.2, -0.15) is 0 Å². The van der Waals surface area contributed by atoms with E-state index in [4.69, 9.17) is 4.74 Å². The van der Waals surface area contributed by atoms with Crippen LogP contribution in [0.3, 0.4) is 0 Å². The third-order valence-corrected chi connectivity index (χ3v) is 5.41. The minimum atomic E-state index is -3.39. The average Bonchev–Trinajstić information content (AvgIpc) is 2.83. The maximum Gasteiger partial charge on any atom is 0.250 e. The molecule has 1 heterocycles. The van der Waals surface area contributed by atoms with Crippen molar-refractivity contribution in [2.45, 2.75) is 30.5 Å².